The molecule has 0 fully saturated rings. The van der Waals surface area contributed by atoms with E-state index in [0.717, 1.165) is 12.1 Å². The van der Waals surface area contributed by atoms with Gasteiger partial charge in [-0.2, -0.15) is 0 Å². The Kier molecular flexibility index (Phi) is 4.01. The maximum absolute atomic E-state index is 13.4. The highest BCUT2D eigenvalue weighted by Gasteiger charge is 2.16. The number of rotatable bonds is 4. The Labute approximate surface area is 84.6 Å². The largest absolute Gasteiger partial charge is 0.319 e. The Morgan fingerprint density at radius 1 is 1.50 bits per heavy atom. The molecule has 78 valence electrons. The van der Waals surface area contributed by atoms with Crippen molar-refractivity contribution in [2.24, 2.45) is 5.92 Å². The topological polar surface area (TPSA) is 24.9 Å². The standard InChI is InChI=1S/C11H17FN2/c1-8(6-13-3)9(2)10-4-5-14-7-11(10)12/h4-5,7-9,13H,6H2,1-3H3. The fraction of sp³-hybridized carbons (Fsp3) is 0.545. The zero-order chi connectivity index (χ0) is 10.6. The van der Waals surface area contributed by atoms with E-state index in [1.54, 1.807) is 12.3 Å². The van der Waals surface area contributed by atoms with Gasteiger partial charge in [-0.05, 0) is 37.1 Å². The summed E-state index contributed by atoms with van der Waals surface area (Å²) >= 11 is 0. The molecule has 0 aromatic carbocycles. The predicted octanol–water partition coefficient (Wildman–Crippen LogP) is 2.18. The number of nitrogens with zero attached hydrogens (tertiary/aromatic N) is 1. The molecule has 1 aromatic rings. The lowest BCUT2D eigenvalue weighted by Gasteiger charge is -2.20. The van der Waals surface area contributed by atoms with Crippen molar-refractivity contribution in [3.05, 3.63) is 29.8 Å². The fourth-order valence-electron chi connectivity index (χ4n) is 1.56. The molecule has 3 heteroatoms. The first-order valence-electron chi connectivity index (χ1n) is 4.90. The van der Waals surface area contributed by atoms with Gasteiger partial charge in [0, 0.05) is 6.20 Å². The van der Waals surface area contributed by atoms with E-state index in [4.69, 9.17) is 0 Å². The molecule has 0 aliphatic carbocycles. The molecule has 1 N–H and O–H groups in total. The molecule has 0 saturated carbocycles. The Morgan fingerprint density at radius 2 is 2.21 bits per heavy atom. The van der Waals surface area contributed by atoms with E-state index in [1.807, 2.05) is 14.0 Å². The van der Waals surface area contributed by atoms with Crippen molar-refractivity contribution in [2.75, 3.05) is 13.6 Å². The van der Waals surface area contributed by atoms with E-state index in [2.05, 4.69) is 17.2 Å². The van der Waals surface area contributed by atoms with Crippen LogP contribution in [-0.4, -0.2) is 18.6 Å². The zero-order valence-corrected chi connectivity index (χ0v) is 8.92. The van der Waals surface area contributed by atoms with Crippen LogP contribution in [0.25, 0.3) is 0 Å². The van der Waals surface area contributed by atoms with Crippen LogP contribution >= 0.6 is 0 Å². The van der Waals surface area contributed by atoms with Crippen molar-refractivity contribution >= 4 is 0 Å². The van der Waals surface area contributed by atoms with E-state index in [1.165, 1.54) is 6.20 Å². The van der Waals surface area contributed by atoms with Crippen LogP contribution in [0.1, 0.15) is 25.3 Å². The summed E-state index contributed by atoms with van der Waals surface area (Å²) in [6.07, 6.45) is 2.92. The van der Waals surface area contributed by atoms with Gasteiger partial charge in [0.15, 0.2) is 0 Å². The van der Waals surface area contributed by atoms with Crippen LogP contribution in [0.15, 0.2) is 18.5 Å². The van der Waals surface area contributed by atoms with Gasteiger partial charge in [0.2, 0.25) is 0 Å². The molecule has 2 atom stereocenters. The fourth-order valence-corrected chi connectivity index (χ4v) is 1.56. The third-order valence-electron chi connectivity index (χ3n) is 2.67. The van der Waals surface area contributed by atoms with Gasteiger partial charge in [-0.3, -0.25) is 4.98 Å². The molecule has 0 bridgehead atoms. The van der Waals surface area contributed by atoms with Crippen molar-refractivity contribution < 1.29 is 4.39 Å². The molecule has 0 amide bonds. The van der Waals surface area contributed by atoms with E-state index in [-0.39, 0.29) is 11.7 Å². The minimum atomic E-state index is -0.206. The number of pyridine rings is 1. The number of aromatic nitrogens is 1. The lowest BCUT2D eigenvalue weighted by atomic mass is 9.89. The molecule has 14 heavy (non-hydrogen) atoms. The van der Waals surface area contributed by atoms with Crippen molar-refractivity contribution in [1.82, 2.24) is 10.3 Å². The molecular formula is C11H17FN2. The molecular weight excluding hydrogens is 179 g/mol. The Hall–Kier alpha value is -0.960. The van der Waals surface area contributed by atoms with Crippen molar-refractivity contribution in [1.29, 1.82) is 0 Å². The molecule has 2 unspecified atom stereocenters. The maximum Gasteiger partial charge on any atom is 0.144 e. The van der Waals surface area contributed by atoms with Gasteiger partial charge in [0.25, 0.3) is 0 Å². The third-order valence-corrected chi connectivity index (χ3v) is 2.67. The second-order valence-electron chi connectivity index (χ2n) is 3.72. The summed E-state index contributed by atoms with van der Waals surface area (Å²) in [5, 5.41) is 3.10. The van der Waals surface area contributed by atoms with Gasteiger partial charge in [0.05, 0.1) is 6.20 Å². The zero-order valence-electron chi connectivity index (χ0n) is 8.92. The van der Waals surface area contributed by atoms with Crippen LogP contribution in [0.5, 0.6) is 0 Å². The molecule has 0 saturated heterocycles. The first-order chi connectivity index (χ1) is 6.66. The first-order valence-corrected chi connectivity index (χ1v) is 4.90. The van der Waals surface area contributed by atoms with E-state index in [0.29, 0.717) is 5.92 Å². The summed E-state index contributed by atoms with van der Waals surface area (Å²) in [5.41, 5.74) is 0.753. The van der Waals surface area contributed by atoms with Crippen LogP contribution in [0.4, 0.5) is 4.39 Å². The van der Waals surface area contributed by atoms with Crippen molar-refractivity contribution in [3.63, 3.8) is 0 Å². The van der Waals surface area contributed by atoms with E-state index in [9.17, 15) is 4.39 Å². The molecule has 1 aromatic heterocycles. The molecule has 2 nitrogen and oxygen atoms in total. The summed E-state index contributed by atoms with van der Waals surface area (Å²) in [6.45, 7) is 5.05. The van der Waals surface area contributed by atoms with Gasteiger partial charge in [-0.25, -0.2) is 4.39 Å². The van der Waals surface area contributed by atoms with Crippen LogP contribution in [0.3, 0.4) is 0 Å². The minimum Gasteiger partial charge on any atom is -0.319 e. The molecule has 0 radical (unpaired) electrons. The van der Waals surface area contributed by atoms with Crippen LogP contribution in [0.2, 0.25) is 0 Å². The Bertz CT molecular complexity index is 288. The number of hydrogen-bond acceptors (Lipinski definition) is 2. The second kappa shape index (κ2) is 5.05. The number of halogens is 1. The predicted molar refractivity (Wildman–Crippen MR) is 55.7 cm³/mol. The molecule has 1 rings (SSSR count). The van der Waals surface area contributed by atoms with Gasteiger partial charge in [-0.15, -0.1) is 0 Å². The highest BCUT2D eigenvalue weighted by molar-refractivity contribution is 5.18. The molecule has 1 heterocycles. The number of hydrogen-bond donors (Lipinski definition) is 1. The van der Waals surface area contributed by atoms with Gasteiger partial charge in [0.1, 0.15) is 5.82 Å². The van der Waals surface area contributed by atoms with Gasteiger partial charge < -0.3 is 5.32 Å². The average molecular weight is 196 g/mol. The average Bonchev–Trinajstić information content (AvgIpc) is 2.18. The summed E-state index contributed by atoms with van der Waals surface area (Å²) < 4.78 is 13.4. The summed E-state index contributed by atoms with van der Waals surface area (Å²) in [4.78, 5) is 3.74. The minimum absolute atomic E-state index is 0.206. The summed E-state index contributed by atoms with van der Waals surface area (Å²) in [6, 6.07) is 1.76. The summed E-state index contributed by atoms with van der Waals surface area (Å²) in [7, 11) is 1.91. The smallest absolute Gasteiger partial charge is 0.144 e. The van der Waals surface area contributed by atoms with Gasteiger partial charge in [-0.1, -0.05) is 13.8 Å². The summed E-state index contributed by atoms with van der Waals surface area (Å²) in [5.74, 6) is 0.422. The number of nitrogens with one attached hydrogen (secondary N) is 1. The molecule has 0 aliphatic heterocycles. The SMILES string of the molecule is CNCC(C)C(C)c1ccncc1F. The van der Waals surface area contributed by atoms with E-state index >= 15 is 0 Å². The third kappa shape index (κ3) is 2.51. The monoisotopic (exact) mass is 196 g/mol. The maximum atomic E-state index is 13.4. The lowest BCUT2D eigenvalue weighted by Crippen LogP contribution is -2.21. The first kappa shape index (κ1) is 11.1. The van der Waals surface area contributed by atoms with Crippen molar-refractivity contribution in [2.45, 2.75) is 19.8 Å². The normalized spacial score (nSPS) is 15.1. The van der Waals surface area contributed by atoms with Crippen LogP contribution in [-0.2, 0) is 0 Å². The molecule has 0 aliphatic rings. The van der Waals surface area contributed by atoms with Crippen LogP contribution in [0, 0.1) is 11.7 Å². The Morgan fingerprint density at radius 3 is 2.79 bits per heavy atom. The molecule has 0 spiro atoms. The van der Waals surface area contributed by atoms with E-state index < -0.39 is 0 Å². The van der Waals surface area contributed by atoms with Gasteiger partial charge >= 0.3 is 0 Å². The Balaban J connectivity index is 2.78. The quantitative estimate of drug-likeness (QED) is 0.798. The second-order valence-corrected chi connectivity index (χ2v) is 3.72. The highest BCUT2D eigenvalue weighted by Crippen LogP contribution is 2.24. The van der Waals surface area contributed by atoms with Crippen molar-refractivity contribution in [3.8, 4) is 0 Å². The highest BCUT2D eigenvalue weighted by atomic mass is 19.1. The lowest BCUT2D eigenvalue weighted by molar-refractivity contribution is 0.448. The van der Waals surface area contributed by atoms with Crippen LogP contribution < -0.4 is 5.32 Å².